The highest BCUT2D eigenvalue weighted by molar-refractivity contribution is 9.10. The predicted octanol–water partition coefficient (Wildman–Crippen LogP) is 3.25. The van der Waals surface area contributed by atoms with Gasteiger partial charge >= 0.3 is 0 Å². The summed E-state index contributed by atoms with van der Waals surface area (Å²) in [5.74, 6) is 1.27. The molecular weight excluding hydrogens is 350 g/mol. The van der Waals surface area contributed by atoms with E-state index in [-0.39, 0.29) is 0 Å². The molecule has 1 heterocycles. The van der Waals surface area contributed by atoms with Gasteiger partial charge in [-0.15, -0.1) is 0 Å². The van der Waals surface area contributed by atoms with E-state index in [1.54, 1.807) is 13.3 Å². The summed E-state index contributed by atoms with van der Waals surface area (Å²) in [7, 11) is 3.60. The molecule has 0 saturated carbocycles. The van der Waals surface area contributed by atoms with Crippen molar-refractivity contribution in [1.29, 1.82) is 0 Å². The van der Waals surface area contributed by atoms with E-state index < -0.39 is 0 Å². The molecule has 1 aromatic rings. The fourth-order valence-corrected chi connectivity index (χ4v) is 2.14. The largest absolute Gasteiger partial charge is 0.480 e. The molecule has 1 aromatic heterocycles. The molecule has 0 bridgehead atoms. The van der Waals surface area contributed by atoms with Gasteiger partial charge in [-0.2, -0.15) is 4.98 Å². The molecule has 0 amide bonds. The van der Waals surface area contributed by atoms with Crippen LogP contribution in [-0.2, 0) is 0 Å². The zero-order valence-electron chi connectivity index (χ0n) is 10.1. The standard InChI is InChI=1S/C11H17Br2N3O/c1-16(7-5-3-4-6-12)11-14-8-9(13)10(15-11)17-2/h8H,3-7H2,1-2H3. The number of halogens is 2. The molecule has 4 nitrogen and oxygen atoms in total. The number of alkyl halides is 1. The third-order valence-electron chi connectivity index (χ3n) is 2.36. The Morgan fingerprint density at radius 3 is 2.76 bits per heavy atom. The van der Waals surface area contributed by atoms with Crippen LogP contribution in [0.5, 0.6) is 5.88 Å². The Balaban J connectivity index is 2.53. The van der Waals surface area contributed by atoms with Gasteiger partial charge in [-0.05, 0) is 28.8 Å². The van der Waals surface area contributed by atoms with Crippen LogP contribution in [0.4, 0.5) is 5.95 Å². The highest BCUT2D eigenvalue weighted by atomic mass is 79.9. The van der Waals surface area contributed by atoms with E-state index in [0.717, 1.165) is 22.8 Å². The van der Waals surface area contributed by atoms with Gasteiger partial charge < -0.3 is 9.64 Å². The molecule has 0 aromatic carbocycles. The summed E-state index contributed by atoms with van der Waals surface area (Å²) in [6.07, 6.45) is 5.28. The first-order chi connectivity index (χ1) is 8.19. The van der Waals surface area contributed by atoms with E-state index in [4.69, 9.17) is 4.74 Å². The molecule has 0 aliphatic carbocycles. The van der Waals surface area contributed by atoms with E-state index in [1.165, 1.54) is 12.8 Å². The second-order valence-corrected chi connectivity index (χ2v) is 5.35. The quantitative estimate of drug-likeness (QED) is 0.548. The second-order valence-electron chi connectivity index (χ2n) is 3.70. The van der Waals surface area contributed by atoms with Crippen molar-refractivity contribution in [3.63, 3.8) is 0 Å². The van der Waals surface area contributed by atoms with Crippen LogP contribution in [0.25, 0.3) is 0 Å². The Bertz CT molecular complexity index is 349. The molecule has 0 N–H and O–H groups in total. The molecule has 0 fully saturated rings. The van der Waals surface area contributed by atoms with E-state index in [2.05, 4.69) is 41.8 Å². The molecule has 1 rings (SSSR count). The summed E-state index contributed by atoms with van der Waals surface area (Å²) in [5, 5.41) is 1.07. The lowest BCUT2D eigenvalue weighted by Gasteiger charge is -2.17. The fourth-order valence-electron chi connectivity index (χ4n) is 1.39. The molecule has 0 aliphatic heterocycles. The summed E-state index contributed by atoms with van der Waals surface area (Å²) >= 11 is 6.77. The topological polar surface area (TPSA) is 38.2 Å². The summed E-state index contributed by atoms with van der Waals surface area (Å²) in [6.45, 7) is 0.956. The number of hydrogen-bond donors (Lipinski definition) is 0. The second kappa shape index (κ2) is 7.87. The van der Waals surface area contributed by atoms with Crippen LogP contribution >= 0.6 is 31.9 Å². The minimum absolute atomic E-state index is 0.572. The lowest BCUT2D eigenvalue weighted by atomic mass is 10.2. The monoisotopic (exact) mass is 365 g/mol. The fraction of sp³-hybridized carbons (Fsp3) is 0.636. The third-order valence-corrected chi connectivity index (χ3v) is 3.47. The number of ether oxygens (including phenoxy) is 1. The number of aromatic nitrogens is 2. The number of rotatable bonds is 7. The minimum atomic E-state index is 0.572. The Kier molecular flexibility index (Phi) is 6.80. The Morgan fingerprint density at radius 1 is 1.35 bits per heavy atom. The molecule has 17 heavy (non-hydrogen) atoms. The van der Waals surface area contributed by atoms with E-state index in [1.807, 2.05) is 11.9 Å². The Hall–Kier alpha value is -0.360. The molecular formula is C11H17Br2N3O. The molecule has 0 spiro atoms. The van der Waals surface area contributed by atoms with Gasteiger partial charge in [-0.3, -0.25) is 0 Å². The van der Waals surface area contributed by atoms with Crippen LogP contribution in [0.1, 0.15) is 19.3 Å². The predicted molar refractivity (Wildman–Crippen MR) is 77.2 cm³/mol. The first kappa shape index (κ1) is 14.7. The van der Waals surface area contributed by atoms with Crippen LogP contribution in [0, 0.1) is 0 Å². The molecule has 0 saturated heterocycles. The summed E-state index contributed by atoms with van der Waals surface area (Å²) < 4.78 is 5.92. The van der Waals surface area contributed by atoms with Gasteiger partial charge in [0, 0.05) is 18.9 Å². The average Bonchev–Trinajstić information content (AvgIpc) is 2.35. The molecule has 0 atom stereocenters. The summed E-state index contributed by atoms with van der Waals surface area (Å²) in [4.78, 5) is 10.6. The maximum Gasteiger partial charge on any atom is 0.232 e. The lowest BCUT2D eigenvalue weighted by Crippen LogP contribution is -2.21. The van der Waals surface area contributed by atoms with Crippen molar-refractivity contribution in [2.75, 3.05) is 30.9 Å². The number of hydrogen-bond acceptors (Lipinski definition) is 4. The molecule has 0 radical (unpaired) electrons. The molecule has 0 unspecified atom stereocenters. The van der Waals surface area contributed by atoms with Crippen molar-refractivity contribution in [3.8, 4) is 5.88 Å². The average molecular weight is 367 g/mol. The van der Waals surface area contributed by atoms with E-state index in [9.17, 15) is 0 Å². The Labute approximate surface area is 119 Å². The van der Waals surface area contributed by atoms with Gasteiger partial charge in [0.05, 0.1) is 17.8 Å². The van der Waals surface area contributed by atoms with Crippen molar-refractivity contribution >= 4 is 37.8 Å². The van der Waals surface area contributed by atoms with Crippen molar-refractivity contribution in [1.82, 2.24) is 9.97 Å². The normalized spacial score (nSPS) is 10.4. The highest BCUT2D eigenvalue weighted by Gasteiger charge is 2.08. The van der Waals surface area contributed by atoms with Crippen LogP contribution < -0.4 is 9.64 Å². The van der Waals surface area contributed by atoms with Gasteiger partial charge in [0.25, 0.3) is 0 Å². The van der Waals surface area contributed by atoms with Crippen molar-refractivity contribution in [3.05, 3.63) is 10.7 Å². The third kappa shape index (κ3) is 4.79. The van der Waals surface area contributed by atoms with Gasteiger partial charge in [-0.25, -0.2) is 4.98 Å². The minimum Gasteiger partial charge on any atom is -0.480 e. The van der Waals surface area contributed by atoms with Gasteiger partial charge in [-0.1, -0.05) is 22.4 Å². The maximum atomic E-state index is 5.15. The van der Waals surface area contributed by atoms with Gasteiger partial charge in [0.15, 0.2) is 0 Å². The lowest BCUT2D eigenvalue weighted by molar-refractivity contribution is 0.394. The number of methoxy groups -OCH3 is 1. The molecule has 0 aliphatic rings. The van der Waals surface area contributed by atoms with Crippen LogP contribution in [0.3, 0.4) is 0 Å². The van der Waals surface area contributed by atoms with Crippen LogP contribution in [0.2, 0.25) is 0 Å². The summed E-state index contributed by atoms with van der Waals surface area (Å²) in [5.41, 5.74) is 0. The van der Waals surface area contributed by atoms with Gasteiger partial charge in [0.1, 0.15) is 0 Å². The smallest absolute Gasteiger partial charge is 0.232 e. The van der Waals surface area contributed by atoms with E-state index in [0.29, 0.717) is 11.8 Å². The zero-order valence-corrected chi connectivity index (χ0v) is 13.3. The van der Waals surface area contributed by atoms with Crippen LogP contribution in [0.15, 0.2) is 10.7 Å². The number of unbranched alkanes of at least 4 members (excludes halogenated alkanes) is 2. The van der Waals surface area contributed by atoms with Crippen molar-refractivity contribution in [2.45, 2.75) is 19.3 Å². The first-order valence-electron chi connectivity index (χ1n) is 5.52. The number of nitrogens with zero attached hydrogens (tertiary/aromatic N) is 3. The molecule has 96 valence electrons. The SMILES string of the molecule is COc1nc(N(C)CCCCCBr)ncc1Br. The number of anilines is 1. The summed E-state index contributed by atoms with van der Waals surface area (Å²) in [6, 6.07) is 0. The zero-order chi connectivity index (χ0) is 12.7. The first-order valence-corrected chi connectivity index (χ1v) is 7.44. The van der Waals surface area contributed by atoms with Crippen LogP contribution in [-0.4, -0.2) is 36.0 Å². The maximum absolute atomic E-state index is 5.15. The van der Waals surface area contributed by atoms with Gasteiger partial charge in [0.2, 0.25) is 11.8 Å². The Morgan fingerprint density at radius 2 is 2.12 bits per heavy atom. The highest BCUT2D eigenvalue weighted by Crippen LogP contribution is 2.23. The van der Waals surface area contributed by atoms with E-state index >= 15 is 0 Å². The van der Waals surface area contributed by atoms with Crippen molar-refractivity contribution < 1.29 is 4.74 Å². The molecule has 6 heteroatoms. The van der Waals surface area contributed by atoms with Crippen molar-refractivity contribution in [2.24, 2.45) is 0 Å².